The summed E-state index contributed by atoms with van der Waals surface area (Å²) in [5.74, 6) is -0.589. The number of likely N-dealkylation sites (N-methyl/N-ethyl adjacent to an activating group) is 1. The van der Waals surface area contributed by atoms with Crippen LogP contribution in [0.2, 0.25) is 0 Å². The number of benzene rings is 1. The Morgan fingerprint density at radius 1 is 1.26 bits per heavy atom. The summed E-state index contributed by atoms with van der Waals surface area (Å²) in [4.78, 5) is 27.6. The minimum atomic E-state index is -0.403. The van der Waals surface area contributed by atoms with Gasteiger partial charge in [0, 0.05) is 5.92 Å². The zero-order valence-corrected chi connectivity index (χ0v) is 14.3. The first-order chi connectivity index (χ1) is 10.9. The Morgan fingerprint density at radius 2 is 1.91 bits per heavy atom. The smallest absolute Gasteiger partial charge is 0.337 e. The maximum atomic E-state index is 12.1. The molecule has 0 spiro atoms. The van der Waals surface area contributed by atoms with Crippen molar-refractivity contribution in [3.05, 3.63) is 23.8 Å². The number of hydrogen-bond donors (Lipinski definition) is 2. The van der Waals surface area contributed by atoms with Crippen LogP contribution in [0.1, 0.15) is 24.2 Å². The van der Waals surface area contributed by atoms with Crippen LogP contribution in [0.25, 0.3) is 0 Å². The van der Waals surface area contributed by atoms with Gasteiger partial charge in [0.2, 0.25) is 5.91 Å². The van der Waals surface area contributed by atoms with E-state index in [2.05, 4.69) is 17.3 Å². The van der Waals surface area contributed by atoms with Crippen LogP contribution in [0.3, 0.4) is 0 Å². The minimum absolute atomic E-state index is 0.0620. The van der Waals surface area contributed by atoms with Crippen molar-refractivity contribution >= 4 is 23.3 Å². The summed E-state index contributed by atoms with van der Waals surface area (Å²) in [6, 6.07) is 5.34. The summed E-state index contributed by atoms with van der Waals surface area (Å²) in [7, 11) is 3.53. The third kappa shape index (κ3) is 4.22. The fraction of sp³-hybridized carbons (Fsp3) is 0.529. The summed E-state index contributed by atoms with van der Waals surface area (Å²) >= 11 is 0. The molecular weight excluding hydrogens is 294 g/mol. The first-order valence-electron chi connectivity index (χ1n) is 8.02. The average molecular weight is 320 g/mol. The molecule has 0 aromatic heterocycles. The number of rotatable bonds is 4. The number of carbonyl (C=O) groups is 2. The highest BCUT2D eigenvalue weighted by Crippen LogP contribution is 2.28. The maximum absolute atomic E-state index is 12.1. The number of quaternary nitrogens is 1. The first-order valence-corrected chi connectivity index (χ1v) is 8.02. The molecule has 0 bridgehead atoms. The van der Waals surface area contributed by atoms with E-state index in [1.807, 2.05) is 19.9 Å². The molecule has 1 aromatic rings. The van der Waals surface area contributed by atoms with Gasteiger partial charge in [-0.2, -0.15) is 0 Å². The summed E-state index contributed by atoms with van der Waals surface area (Å²) in [6.07, 6.45) is 0. The van der Waals surface area contributed by atoms with Gasteiger partial charge in [0.25, 0.3) is 0 Å². The quantitative estimate of drug-likeness (QED) is 0.789. The summed E-state index contributed by atoms with van der Waals surface area (Å²) in [6.45, 7) is 7.64. The van der Waals surface area contributed by atoms with Gasteiger partial charge in [0.05, 0.1) is 57.3 Å². The molecule has 1 fully saturated rings. The van der Waals surface area contributed by atoms with Gasteiger partial charge in [-0.3, -0.25) is 4.79 Å². The Labute approximate surface area is 137 Å². The van der Waals surface area contributed by atoms with E-state index in [-0.39, 0.29) is 11.8 Å². The molecule has 0 aliphatic carbocycles. The molecular formula is C17H26N3O3+. The lowest BCUT2D eigenvalue weighted by Gasteiger charge is -2.33. The number of methoxy groups -OCH3 is 1. The van der Waals surface area contributed by atoms with Crippen LogP contribution in [0, 0.1) is 5.92 Å². The lowest BCUT2D eigenvalue weighted by Crippen LogP contribution is -3.12. The summed E-state index contributed by atoms with van der Waals surface area (Å²) in [5, 5.41) is 2.94. The van der Waals surface area contributed by atoms with Gasteiger partial charge in [-0.25, -0.2) is 4.79 Å². The highest BCUT2D eigenvalue weighted by Gasteiger charge is 2.21. The van der Waals surface area contributed by atoms with E-state index < -0.39 is 5.97 Å². The predicted molar refractivity (Wildman–Crippen MR) is 90.1 cm³/mol. The van der Waals surface area contributed by atoms with Crippen molar-refractivity contribution in [3.63, 3.8) is 0 Å². The molecule has 0 radical (unpaired) electrons. The Bertz CT molecular complexity index is 578. The van der Waals surface area contributed by atoms with E-state index in [1.165, 1.54) is 12.0 Å². The Morgan fingerprint density at radius 3 is 2.48 bits per heavy atom. The van der Waals surface area contributed by atoms with Crippen LogP contribution in [0.5, 0.6) is 0 Å². The minimum Gasteiger partial charge on any atom is -0.465 e. The van der Waals surface area contributed by atoms with E-state index >= 15 is 0 Å². The molecule has 1 heterocycles. The second-order valence-corrected chi connectivity index (χ2v) is 6.31. The van der Waals surface area contributed by atoms with Crippen LogP contribution in [-0.4, -0.2) is 52.2 Å². The first kappa shape index (κ1) is 17.3. The molecule has 0 atom stereocenters. The Kier molecular flexibility index (Phi) is 5.60. The molecule has 1 aliphatic rings. The molecule has 23 heavy (non-hydrogen) atoms. The second kappa shape index (κ2) is 7.46. The van der Waals surface area contributed by atoms with Gasteiger partial charge in [-0.15, -0.1) is 0 Å². The number of nitrogens with one attached hydrogen (secondary N) is 2. The molecule has 1 aromatic carbocycles. The van der Waals surface area contributed by atoms with Gasteiger partial charge in [-0.1, -0.05) is 13.8 Å². The van der Waals surface area contributed by atoms with E-state index in [0.717, 1.165) is 31.9 Å². The number of carbonyl (C=O) groups excluding carboxylic acids is 2. The van der Waals surface area contributed by atoms with Crippen molar-refractivity contribution in [2.24, 2.45) is 5.92 Å². The van der Waals surface area contributed by atoms with E-state index in [1.54, 1.807) is 12.1 Å². The molecule has 2 N–H and O–H groups in total. The summed E-state index contributed by atoms with van der Waals surface area (Å²) < 4.78 is 4.77. The van der Waals surface area contributed by atoms with Crippen molar-refractivity contribution in [3.8, 4) is 0 Å². The van der Waals surface area contributed by atoms with Gasteiger partial charge < -0.3 is 19.9 Å². The van der Waals surface area contributed by atoms with Crippen LogP contribution in [-0.2, 0) is 9.53 Å². The Balaban J connectivity index is 2.32. The standard InChI is InChI=1S/C17H25N3O3/c1-12(2)16(21)18-14-11-13(17(22)23-4)5-6-15(14)20-9-7-19(3)8-10-20/h5-6,11-12H,7-10H2,1-4H3,(H,18,21)/p+1. The highest BCUT2D eigenvalue weighted by atomic mass is 16.5. The fourth-order valence-corrected chi connectivity index (χ4v) is 2.56. The second-order valence-electron chi connectivity index (χ2n) is 6.31. The zero-order chi connectivity index (χ0) is 17.0. The van der Waals surface area contributed by atoms with E-state index in [9.17, 15) is 9.59 Å². The fourth-order valence-electron chi connectivity index (χ4n) is 2.56. The molecule has 6 nitrogen and oxygen atoms in total. The van der Waals surface area contributed by atoms with Crippen molar-refractivity contribution in [2.75, 3.05) is 50.6 Å². The van der Waals surface area contributed by atoms with Gasteiger partial charge in [0.1, 0.15) is 0 Å². The number of ether oxygens (including phenoxy) is 1. The Hall–Kier alpha value is -2.08. The normalized spacial score (nSPS) is 15.6. The predicted octanol–water partition coefficient (Wildman–Crippen LogP) is 0.402. The molecule has 1 amide bonds. The molecule has 126 valence electrons. The van der Waals surface area contributed by atoms with Gasteiger partial charge >= 0.3 is 5.97 Å². The van der Waals surface area contributed by atoms with Gasteiger partial charge in [-0.05, 0) is 18.2 Å². The molecule has 0 saturated carbocycles. The number of hydrogen-bond acceptors (Lipinski definition) is 4. The lowest BCUT2D eigenvalue weighted by atomic mass is 10.1. The van der Waals surface area contributed by atoms with Crippen LogP contribution in [0.4, 0.5) is 11.4 Å². The van der Waals surface area contributed by atoms with Crippen molar-refractivity contribution in [1.82, 2.24) is 0 Å². The third-order valence-electron chi connectivity index (χ3n) is 4.16. The third-order valence-corrected chi connectivity index (χ3v) is 4.16. The van der Waals surface area contributed by atoms with Gasteiger partial charge in [0.15, 0.2) is 0 Å². The van der Waals surface area contributed by atoms with Crippen LogP contribution >= 0.6 is 0 Å². The number of esters is 1. The van der Waals surface area contributed by atoms with E-state index in [0.29, 0.717) is 11.3 Å². The van der Waals surface area contributed by atoms with Crippen LogP contribution < -0.4 is 15.1 Å². The number of nitrogens with zero attached hydrogens (tertiary/aromatic N) is 1. The largest absolute Gasteiger partial charge is 0.465 e. The molecule has 1 aliphatic heterocycles. The van der Waals surface area contributed by atoms with Crippen LogP contribution in [0.15, 0.2) is 18.2 Å². The molecule has 1 saturated heterocycles. The number of anilines is 2. The summed E-state index contributed by atoms with van der Waals surface area (Å²) in [5.41, 5.74) is 2.07. The highest BCUT2D eigenvalue weighted by molar-refractivity contribution is 5.98. The molecule has 2 rings (SSSR count). The number of piperazine rings is 1. The lowest BCUT2D eigenvalue weighted by molar-refractivity contribution is -0.880. The molecule has 6 heteroatoms. The maximum Gasteiger partial charge on any atom is 0.337 e. The zero-order valence-electron chi connectivity index (χ0n) is 14.3. The average Bonchev–Trinajstić information content (AvgIpc) is 2.54. The van der Waals surface area contributed by atoms with Crippen molar-refractivity contribution < 1.29 is 19.2 Å². The monoisotopic (exact) mass is 320 g/mol. The SMILES string of the molecule is COC(=O)c1ccc(N2CC[NH+](C)CC2)c(NC(=O)C(C)C)c1. The number of amides is 1. The molecule has 0 unspecified atom stereocenters. The topological polar surface area (TPSA) is 63.1 Å². The van der Waals surface area contributed by atoms with Crippen molar-refractivity contribution in [2.45, 2.75) is 13.8 Å². The van der Waals surface area contributed by atoms with E-state index in [4.69, 9.17) is 4.74 Å². The van der Waals surface area contributed by atoms with Crippen molar-refractivity contribution in [1.29, 1.82) is 0 Å².